The van der Waals surface area contributed by atoms with Crippen LogP contribution in [0.2, 0.25) is 5.02 Å². The molecule has 0 bridgehead atoms. The minimum Gasteiger partial charge on any atom is -0.473 e. The van der Waals surface area contributed by atoms with E-state index in [0.717, 1.165) is 70.4 Å². The van der Waals surface area contributed by atoms with Crippen LogP contribution in [-0.2, 0) is 20.2 Å². The Labute approximate surface area is 207 Å². The van der Waals surface area contributed by atoms with E-state index in [1.54, 1.807) is 0 Å². The summed E-state index contributed by atoms with van der Waals surface area (Å²) in [6.45, 7) is 5.04. The standard InChI is InChI=1S/C26H25ClN4O2S/c1-17-12-20(27)7-6-19(17)16-33-25-5-3-4-22(28-25)18-8-10-31(11-9-18)14-24-29-26-23(30(24)2)13-21(15-32)34-26/h3-8,12-13,15H,9-11,14,16H2,1-2H3. The van der Waals surface area contributed by atoms with Gasteiger partial charge in [-0.05, 0) is 54.3 Å². The second kappa shape index (κ2) is 9.70. The number of benzene rings is 1. The smallest absolute Gasteiger partial charge is 0.214 e. The Morgan fingerprint density at radius 1 is 1.21 bits per heavy atom. The minimum absolute atomic E-state index is 0.460. The average molecular weight is 493 g/mol. The van der Waals surface area contributed by atoms with E-state index in [1.165, 1.54) is 16.9 Å². The van der Waals surface area contributed by atoms with E-state index >= 15 is 0 Å². The van der Waals surface area contributed by atoms with Crippen LogP contribution in [0, 0.1) is 6.92 Å². The Morgan fingerprint density at radius 3 is 2.82 bits per heavy atom. The number of pyridine rings is 1. The van der Waals surface area contributed by atoms with Gasteiger partial charge < -0.3 is 9.30 Å². The van der Waals surface area contributed by atoms with Crippen molar-refractivity contribution in [2.75, 3.05) is 13.1 Å². The van der Waals surface area contributed by atoms with Gasteiger partial charge >= 0.3 is 0 Å². The summed E-state index contributed by atoms with van der Waals surface area (Å²) in [5.41, 5.74) is 5.42. The van der Waals surface area contributed by atoms with Crippen LogP contribution in [0.3, 0.4) is 0 Å². The number of halogens is 1. The maximum Gasteiger partial charge on any atom is 0.214 e. The van der Waals surface area contributed by atoms with Crippen LogP contribution >= 0.6 is 22.9 Å². The largest absolute Gasteiger partial charge is 0.473 e. The van der Waals surface area contributed by atoms with E-state index in [0.29, 0.717) is 17.4 Å². The van der Waals surface area contributed by atoms with Gasteiger partial charge in [0.25, 0.3) is 0 Å². The first-order chi connectivity index (χ1) is 16.5. The molecule has 0 fully saturated rings. The number of aryl methyl sites for hydroxylation is 2. The van der Waals surface area contributed by atoms with Crippen molar-refractivity contribution < 1.29 is 9.53 Å². The van der Waals surface area contributed by atoms with Crippen LogP contribution in [0.15, 0.2) is 48.5 Å². The number of carbonyl (C=O) groups is 1. The molecule has 0 saturated carbocycles. The lowest BCUT2D eigenvalue weighted by molar-refractivity contribution is 0.112. The molecule has 3 aromatic heterocycles. The van der Waals surface area contributed by atoms with Crippen molar-refractivity contribution in [3.05, 3.63) is 81.1 Å². The molecule has 0 spiro atoms. The molecule has 0 N–H and O–H groups in total. The van der Waals surface area contributed by atoms with Crippen LogP contribution in [0.5, 0.6) is 5.88 Å². The van der Waals surface area contributed by atoms with Gasteiger partial charge in [-0.3, -0.25) is 9.69 Å². The van der Waals surface area contributed by atoms with E-state index < -0.39 is 0 Å². The second-order valence-corrected chi connectivity index (χ2v) is 9.98. The molecule has 0 aliphatic carbocycles. The van der Waals surface area contributed by atoms with Crippen molar-refractivity contribution in [2.24, 2.45) is 7.05 Å². The van der Waals surface area contributed by atoms with Crippen molar-refractivity contribution in [3.63, 3.8) is 0 Å². The topological polar surface area (TPSA) is 60.2 Å². The van der Waals surface area contributed by atoms with Crippen molar-refractivity contribution in [3.8, 4) is 5.88 Å². The fourth-order valence-electron chi connectivity index (χ4n) is 4.18. The molecule has 0 saturated heterocycles. The molecule has 0 amide bonds. The molecule has 0 atom stereocenters. The van der Waals surface area contributed by atoms with E-state index in [4.69, 9.17) is 26.3 Å². The number of aromatic nitrogens is 3. The molecule has 34 heavy (non-hydrogen) atoms. The molecule has 1 aromatic carbocycles. The Morgan fingerprint density at radius 2 is 2.09 bits per heavy atom. The summed E-state index contributed by atoms with van der Waals surface area (Å²) >= 11 is 7.49. The van der Waals surface area contributed by atoms with Crippen LogP contribution in [0.1, 0.15) is 38.7 Å². The van der Waals surface area contributed by atoms with E-state index in [1.807, 2.05) is 56.4 Å². The Hall–Kier alpha value is -3.00. The summed E-state index contributed by atoms with van der Waals surface area (Å²) < 4.78 is 8.06. The monoisotopic (exact) mass is 492 g/mol. The van der Waals surface area contributed by atoms with Crippen molar-refractivity contribution in [2.45, 2.75) is 26.5 Å². The first kappa shape index (κ1) is 22.8. The van der Waals surface area contributed by atoms with Crippen LogP contribution in [-0.4, -0.2) is 38.8 Å². The van der Waals surface area contributed by atoms with Gasteiger partial charge in [0.15, 0.2) is 6.29 Å². The highest BCUT2D eigenvalue weighted by Crippen LogP contribution is 2.27. The maximum absolute atomic E-state index is 11.0. The molecule has 0 radical (unpaired) electrons. The Kier molecular flexibility index (Phi) is 6.50. The fourth-order valence-corrected chi connectivity index (χ4v) is 5.30. The van der Waals surface area contributed by atoms with Crippen molar-refractivity contribution in [1.29, 1.82) is 0 Å². The molecular formula is C26H25ClN4O2S. The molecule has 8 heteroatoms. The number of fused-ring (bicyclic) bond motifs is 1. The zero-order valence-electron chi connectivity index (χ0n) is 19.1. The van der Waals surface area contributed by atoms with Gasteiger partial charge in [-0.2, -0.15) is 0 Å². The lowest BCUT2D eigenvalue weighted by Gasteiger charge is -2.25. The predicted molar refractivity (Wildman–Crippen MR) is 137 cm³/mol. The highest BCUT2D eigenvalue weighted by Gasteiger charge is 2.18. The molecule has 4 aromatic rings. The van der Waals surface area contributed by atoms with Gasteiger partial charge in [-0.25, -0.2) is 9.97 Å². The van der Waals surface area contributed by atoms with Crippen molar-refractivity contribution >= 4 is 45.1 Å². The minimum atomic E-state index is 0.460. The normalized spacial score (nSPS) is 14.4. The first-order valence-electron chi connectivity index (χ1n) is 11.2. The Balaban J connectivity index is 1.23. The van der Waals surface area contributed by atoms with Crippen LogP contribution in [0.25, 0.3) is 15.9 Å². The molecule has 174 valence electrons. The number of carbonyl (C=O) groups excluding carboxylic acids is 1. The number of aldehydes is 1. The first-order valence-corrected chi connectivity index (χ1v) is 12.4. The summed E-state index contributed by atoms with van der Waals surface area (Å²) in [7, 11) is 2.01. The molecule has 1 aliphatic rings. The number of rotatable bonds is 7. The highest BCUT2D eigenvalue weighted by atomic mass is 35.5. The summed E-state index contributed by atoms with van der Waals surface area (Å²) in [6, 6.07) is 13.7. The molecule has 4 heterocycles. The van der Waals surface area contributed by atoms with Gasteiger partial charge in [0, 0.05) is 31.2 Å². The SMILES string of the molecule is Cc1cc(Cl)ccc1COc1cccc(C2=CCN(Cc3nc4sc(C=O)cc4n3C)CC2)n1. The highest BCUT2D eigenvalue weighted by molar-refractivity contribution is 7.20. The molecule has 5 rings (SSSR count). The average Bonchev–Trinajstić information content (AvgIpc) is 3.38. The van der Waals surface area contributed by atoms with E-state index in [-0.39, 0.29) is 0 Å². The number of thiophene rings is 1. The number of nitrogens with zero attached hydrogens (tertiary/aromatic N) is 4. The zero-order valence-corrected chi connectivity index (χ0v) is 20.7. The van der Waals surface area contributed by atoms with Gasteiger partial charge in [0.1, 0.15) is 17.3 Å². The van der Waals surface area contributed by atoms with Gasteiger partial charge in [0.05, 0.1) is 22.6 Å². The van der Waals surface area contributed by atoms with Crippen LogP contribution in [0.4, 0.5) is 0 Å². The molecular weight excluding hydrogens is 468 g/mol. The quantitative estimate of drug-likeness (QED) is 0.311. The molecule has 1 aliphatic heterocycles. The van der Waals surface area contributed by atoms with Crippen molar-refractivity contribution in [1.82, 2.24) is 19.4 Å². The van der Waals surface area contributed by atoms with Gasteiger partial charge in [-0.1, -0.05) is 29.8 Å². The Bertz CT molecular complexity index is 1390. The lowest BCUT2D eigenvalue weighted by Crippen LogP contribution is -2.29. The predicted octanol–water partition coefficient (Wildman–Crippen LogP) is 5.67. The number of hydrogen-bond acceptors (Lipinski definition) is 6. The third kappa shape index (κ3) is 4.78. The number of imidazole rings is 1. The zero-order chi connectivity index (χ0) is 23.7. The third-order valence-corrected chi connectivity index (χ3v) is 7.38. The maximum atomic E-state index is 11.0. The summed E-state index contributed by atoms with van der Waals surface area (Å²) in [5, 5.41) is 0.731. The van der Waals surface area contributed by atoms with E-state index in [2.05, 4.69) is 15.5 Å². The van der Waals surface area contributed by atoms with E-state index in [9.17, 15) is 4.79 Å². The molecule has 6 nitrogen and oxygen atoms in total. The number of ether oxygens (including phenoxy) is 1. The lowest BCUT2D eigenvalue weighted by atomic mass is 10.0. The summed E-state index contributed by atoms with van der Waals surface area (Å²) in [6.07, 6.45) is 4.05. The number of hydrogen-bond donors (Lipinski definition) is 0. The summed E-state index contributed by atoms with van der Waals surface area (Å²) in [4.78, 5) is 24.5. The van der Waals surface area contributed by atoms with Crippen LogP contribution < -0.4 is 4.74 Å². The van der Waals surface area contributed by atoms with Gasteiger partial charge in [-0.15, -0.1) is 11.3 Å². The second-order valence-electron chi connectivity index (χ2n) is 8.48. The van der Waals surface area contributed by atoms with Gasteiger partial charge in [0.2, 0.25) is 5.88 Å². The summed E-state index contributed by atoms with van der Waals surface area (Å²) in [5.74, 6) is 1.64. The fraction of sp³-hybridized carbons (Fsp3) is 0.269. The third-order valence-electron chi connectivity index (χ3n) is 6.20. The molecule has 0 unspecified atom stereocenters.